The Morgan fingerprint density at radius 1 is 1.70 bits per heavy atom. The number of fused-ring (bicyclic) bond motifs is 2. The van der Waals surface area contributed by atoms with Crippen LogP contribution in [0.25, 0.3) is 0 Å². The van der Waals surface area contributed by atoms with E-state index in [0.717, 1.165) is 26.1 Å². The smallest absolute Gasteiger partial charge is 0.121 e. The predicted molar refractivity (Wildman–Crippen MR) is 37.1 cm³/mol. The van der Waals surface area contributed by atoms with E-state index in [2.05, 4.69) is 11.0 Å². The Morgan fingerprint density at radius 3 is 2.80 bits per heavy atom. The number of rotatable bonds is 0. The van der Waals surface area contributed by atoms with Crippen molar-refractivity contribution in [1.29, 1.82) is 5.26 Å². The Hall–Kier alpha value is -0.590. The van der Waals surface area contributed by atoms with E-state index in [1.165, 1.54) is 0 Å². The van der Waals surface area contributed by atoms with Gasteiger partial charge in [-0.15, -0.1) is 0 Å². The Labute approximate surface area is 60.4 Å². The van der Waals surface area contributed by atoms with E-state index in [0.29, 0.717) is 5.92 Å². The molecule has 3 heteroatoms. The topological polar surface area (TPSA) is 53.1 Å². The first-order chi connectivity index (χ1) is 4.74. The molecular formula is C7H11N3. The van der Waals surface area contributed by atoms with Gasteiger partial charge in [-0.25, -0.2) is 0 Å². The zero-order valence-corrected chi connectivity index (χ0v) is 5.88. The summed E-state index contributed by atoms with van der Waals surface area (Å²) < 4.78 is 0. The molecule has 0 spiro atoms. The van der Waals surface area contributed by atoms with E-state index in [1.807, 2.05) is 0 Å². The van der Waals surface area contributed by atoms with Gasteiger partial charge in [0.1, 0.15) is 5.54 Å². The van der Waals surface area contributed by atoms with Gasteiger partial charge in [0.25, 0.3) is 0 Å². The lowest BCUT2D eigenvalue weighted by molar-refractivity contribution is 0.307. The first-order valence-electron chi connectivity index (χ1n) is 3.67. The minimum atomic E-state index is -0.516. The van der Waals surface area contributed by atoms with Crippen molar-refractivity contribution in [2.24, 2.45) is 11.7 Å². The number of hydrogen-bond donors (Lipinski definition) is 1. The summed E-state index contributed by atoms with van der Waals surface area (Å²) in [6.45, 7) is 2.98. The van der Waals surface area contributed by atoms with Crippen molar-refractivity contribution in [2.75, 3.05) is 19.6 Å². The molecule has 3 nitrogen and oxygen atoms in total. The molecule has 0 aliphatic carbocycles. The van der Waals surface area contributed by atoms with Gasteiger partial charge in [-0.2, -0.15) is 5.26 Å². The highest BCUT2D eigenvalue weighted by Gasteiger charge is 2.47. The summed E-state index contributed by atoms with van der Waals surface area (Å²) in [4.78, 5) is 2.27. The molecule has 0 aromatic heterocycles. The lowest BCUT2D eigenvalue weighted by Gasteiger charge is -2.25. The van der Waals surface area contributed by atoms with Crippen molar-refractivity contribution in [3.05, 3.63) is 0 Å². The third-order valence-corrected chi connectivity index (χ3v) is 2.69. The molecule has 0 aromatic carbocycles. The summed E-state index contributed by atoms with van der Waals surface area (Å²) in [6, 6.07) is 2.21. The van der Waals surface area contributed by atoms with Gasteiger partial charge >= 0.3 is 0 Å². The summed E-state index contributed by atoms with van der Waals surface area (Å²) >= 11 is 0. The molecule has 2 aliphatic heterocycles. The molecule has 3 atom stereocenters. The van der Waals surface area contributed by atoms with Crippen molar-refractivity contribution < 1.29 is 0 Å². The van der Waals surface area contributed by atoms with E-state index in [4.69, 9.17) is 11.0 Å². The zero-order chi connectivity index (χ0) is 7.19. The van der Waals surface area contributed by atoms with Crippen LogP contribution in [-0.2, 0) is 0 Å². The van der Waals surface area contributed by atoms with Gasteiger partial charge in [0.05, 0.1) is 6.07 Å². The first-order valence-corrected chi connectivity index (χ1v) is 3.67. The van der Waals surface area contributed by atoms with Crippen molar-refractivity contribution in [3.8, 4) is 6.07 Å². The van der Waals surface area contributed by atoms with E-state index < -0.39 is 5.54 Å². The number of hydrogen-bond acceptors (Lipinski definition) is 3. The largest absolute Gasteiger partial charge is 0.312 e. The number of nitrogens with zero attached hydrogens (tertiary/aromatic N) is 2. The number of piperidine rings is 1. The second-order valence-electron chi connectivity index (χ2n) is 3.37. The van der Waals surface area contributed by atoms with Crippen LogP contribution in [0.15, 0.2) is 0 Å². The molecule has 0 saturated carbocycles. The summed E-state index contributed by atoms with van der Waals surface area (Å²) in [5, 5.41) is 8.75. The van der Waals surface area contributed by atoms with E-state index in [1.54, 1.807) is 0 Å². The second kappa shape index (κ2) is 1.71. The van der Waals surface area contributed by atoms with Crippen LogP contribution in [0, 0.1) is 17.2 Å². The summed E-state index contributed by atoms with van der Waals surface area (Å²) in [5.74, 6) is 0.442. The third-order valence-electron chi connectivity index (χ3n) is 2.69. The van der Waals surface area contributed by atoms with Gasteiger partial charge in [-0.3, -0.25) is 0 Å². The molecule has 1 unspecified atom stereocenters. The maximum Gasteiger partial charge on any atom is 0.121 e. The Bertz CT molecular complexity index is 196. The normalized spacial score (nSPS) is 51.2. The number of nitriles is 1. The molecule has 2 heterocycles. The Morgan fingerprint density at radius 2 is 2.50 bits per heavy atom. The maximum absolute atomic E-state index is 8.75. The highest BCUT2D eigenvalue weighted by Crippen LogP contribution is 2.33. The van der Waals surface area contributed by atoms with Gasteiger partial charge in [-0.1, -0.05) is 0 Å². The van der Waals surface area contributed by atoms with Crippen molar-refractivity contribution in [2.45, 2.75) is 12.0 Å². The van der Waals surface area contributed by atoms with Crippen molar-refractivity contribution >= 4 is 0 Å². The molecule has 2 aliphatic rings. The molecule has 0 aromatic rings. The minimum absolute atomic E-state index is 0.442. The molecule has 10 heavy (non-hydrogen) atoms. The maximum atomic E-state index is 8.75. The van der Waals surface area contributed by atoms with Gasteiger partial charge in [0, 0.05) is 19.0 Å². The van der Waals surface area contributed by atoms with Crippen molar-refractivity contribution in [3.63, 3.8) is 0 Å². The van der Waals surface area contributed by atoms with Crippen LogP contribution in [0.1, 0.15) is 6.42 Å². The molecule has 2 bridgehead atoms. The standard InChI is InChI=1S/C7H11N3/c8-4-7(9)5-10-2-1-6(7)3-10/h6H,1-3,5,9H2/t6-,7-/m0/s1. The van der Waals surface area contributed by atoms with Gasteiger partial charge in [0.2, 0.25) is 0 Å². The average molecular weight is 137 g/mol. The molecule has 0 radical (unpaired) electrons. The van der Waals surface area contributed by atoms with E-state index in [-0.39, 0.29) is 0 Å². The zero-order valence-electron chi connectivity index (χ0n) is 5.88. The van der Waals surface area contributed by atoms with Crippen LogP contribution < -0.4 is 5.73 Å². The van der Waals surface area contributed by atoms with E-state index >= 15 is 0 Å². The predicted octanol–water partition coefficient (Wildman–Crippen LogP) is -0.457. The van der Waals surface area contributed by atoms with Crippen LogP contribution >= 0.6 is 0 Å². The molecule has 2 rings (SSSR count). The summed E-state index contributed by atoms with van der Waals surface area (Å²) in [6.07, 6.45) is 1.12. The first kappa shape index (κ1) is 6.14. The molecular weight excluding hydrogens is 126 g/mol. The van der Waals surface area contributed by atoms with Gasteiger partial charge < -0.3 is 10.6 Å². The van der Waals surface area contributed by atoms with Gasteiger partial charge in [0.15, 0.2) is 0 Å². The lowest BCUT2D eigenvalue weighted by Crippen LogP contribution is -2.49. The third kappa shape index (κ3) is 0.606. The molecule has 0 amide bonds. The summed E-state index contributed by atoms with van der Waals surface area (Å²) in [7, 11) is 0. The van der Waals surface area contributed by atoms with Gasteiger partial charge in [-0.05, 0) is 13.0 Å². The van der Waals surface area contributed by atoms with Crippen LogP contribution in [0.3, 0.4) is 0 Å². The highest BCUT2D eigenvalue weighted by atomic mass is 15.2. The average Bonchev–Trinajstić information content (AvgIpc) is 2.46. The highest BCUT2D eigenvalue weighted by molar-refractivity contribution is 5.17. The summed E-state index contributed by atoms with van der Waals surface area (Å²) in [5.41, 5.74) is 5.33. The SMILES string of the molecule is N#C[C@]1(N)CN2CC[C@H]1C2. The van der Waals surface area contributed by atoms with Crippen molar-refractivity contribution in [1.82, 2.24) is 4.90 Å². The van der Waals surface area contributed by atoms with Crippen LogP contribution in [0.5, 0.6) is 0 Å². The Balaban J connectivity index is 2.24. The monoisotopic (exact) mass is 137 g/mol. The van der Waals surface area contributed by atoms with Crippen LogP contribution in [0.2, 0.25) is 0 Å². The molecule has 2 fully saturated rings. The minimum Gasteiger partial charge on any atom is -0.312 e. The van der Waals surface area contributed by atoms with E-state index in [9.17, 15) is 0 Å². The fourth-order valence-electron chi connectivity index (χ4n) is 2.02. The second-order valence-corrected chi connectivity index (χ2v) is 3.37. The van der Waals surface area contributed by atoms with Crippen LogP contribution in [0.4, 0.5) is 0 Å². The number of nitrogens with two attached hydrogens (primary N) is 1. The quantitative estimate of drug-likeness (QED) is 0.491. The molecule has 2 saturated heterocycles. The molecule has 2 N–H and O–H groups in total. The fraction of sp³-hybridized carbons (Fsp3) is 0.857. The Kier molecular flexibility index (Phi) is 1.05. The molecule has 54 valence electrons. The fourth-order valence-corrected chi connectivity index (χ4v) is 2.02. The van der Waals surface area contributed by atoms with Crippen LogP contribution in [-0.4, -0.2) is 30.1 Å². The lowest BCUT2D eigenvalue weighted by atomic mass is 9.87.